The molecule has 0 aromatic heterocycles. The number of carbonyl (C=O) groups is 1. The highest BCUT2D eigenvalue weighted by Crippen LogP contribution is 2.29. The maximum Gasteiger partial charge on any atom is 0.150 e. The minimum atomic E-state index is 0.438. The molecular formula is C24H32N2O. The zero-order chi connectivity index (χ0) is 19.6. The molecule has 3 nitrogen and oxygen atoms in total. The first-order valence-corrected chi connectivity index (χ1v) is 10.1. The summed E-state index contributed by atoms with van der Waals surface area (Å²) in [5.41, 5.74) is 7.27. The molecule has 144 valence electrons. The van der Waals surface area contributed by atoms with Crippen LogP contribution in [0.4, 0.5) is 5.69 Å². The fourth-order valence-electron chi connectivity index (χ4n) is 4.26. The van der Waals surface area contributed by atoms with Crippen LogP contribution in [0.25, 0.3) is 0 Å². The summed E-state index contributed by atoms with van der Waals surface area (Å²) in [4.78, 5) is 16.1. The molecule has 0 aliphatic carbocycles. The third-order valence-corrected chi connectivity index (χ3v) is 5.91. The summed E-state index contributed by atoms with van der Waals surface area (Å²) >= 11 is 0. The summed E-state index contributed by atoms with van der Waals surface area (Å²) in [5, 5.41) is 0. The molecule has 0 bridgehead atoms. The van der Waals surface area contributed by atoms with E-state index < -0.39 is 0 Å². The number of hydrogen-bond donors (Lipinski definition) is 0. The molecule has 0 spiro atoms. The van der Waals surface area contributed by atoms with Crippen LogP contribution in [0.2, 0.25) is 0 Å². The van der Waals surface area contributed by atoms with Gasteiger partial charge in [-0.05, 0) is 61.1 Å². The molecule has 1 heterocycles. The molecule has 1 aliphatic heterocycles. The summed E-state index contributed by atoms with van der Waals surface area (Å²) < 4.78 is 0. The average Bonchev–Trinajstić information content (AvgIpc) is 2.67. The van der Waals surface area contributed by atoms with Crippen LogP contribution in [0.1, 0.15) is 65.3 Å². The Hall–Kier alpha value is -2.13. The van der Waals surface area contributed by atoms with Crippen LogP contribution < -0.4 is 4.90 Å². The highest BCUT2D eigenvalue weighted by molar-refractivity contribution is 5.78. The van der Waals surface area contributed by atoms with Crippen LogP contribution in [0.3, 0.4) is 0 Å². The molecular weight excluding hydrogens is 332 g/mol. The van der Waals surface area contributed by atoms with Crippen molar-refractivity contribution in [1.82, 2.24) is 4.90 Å². The van der Waals surface area contributed by atoms with Crippen LogP contribution in [-0.4, -0.2) is 37.4 Å². The zero-order valence-corrected chi connectivity index (χ0v) is 17.3. The van der Waals surface area contributed by atoms with E-state index in [0.717, 1.165) is 38.0 Å². The quantitative estimate of drug-likeness (QED) is 0.688. The first kappa shape index (κ1) is 19.6. The standard InChI is InChI=1S/C24H32N2O/c1-17(2)22-6-8-23(9-7-22)20(5)25-10-12-26(13-11-25)24-18(3)14-21(16-27)15-19(24)4/h6-9,14-17,20H,10-13H2,1-5H3. The number of piperazine rings is 1. The SMILES string of the molecule is Cc1cc(C=O)cc(C)c1N1CCN(C(C)c2ccc(C(C)C)cc2)CC1. The molecule has 0 N–H and O–H groups in total. The average molecular weight is 365 g/mol. The van der Waals surface area contributed by atoms with E-state index in [4.69, 9.17) is 0 Å². The number of nitrogens with zero attached hydrogens (tertiary/aromatic N) is 2. The van der Waals surface area contributed by atoms with E-state index in [2.05, 4.69) is 68.7 Å². The van der Waals surface area contributed by atoms with Crippen molar-refractivity contribution < 1.29 is 4.79 Å². The summed E-state index contributed by atoms with van der Waals surface area (Å²) in [5.74, 6) is 0.579. The van der Waals surface area contributed by atoms with E-state index in [1.54, 1.807) is 0 Å². The molecule has 3 rings (SSSR count). The van der Waals surface area contributed by atoms with E-state index in [0.29, 0.717) is 12.0 Å². The first-order valence-electron chi connectivity index (χ1n) is 10.1. The monoisotopic (exact) mass is 364 g/mol. The third kappa shape index (κ3) is 4.24. The van der Waals surface area contributed by atoms with Crippen molar-refractivity contribution in [2.75, 3.05) is 31.1 Å². The highest BCUT2D eigenvalue weighted by Gasteiger charge is 2.24. The number of aldehydes is 1. The van der Waals surface area contributed by atoms with E-state index in [9.17, 15) is 4.79 Å². The van der Waals surface area contributed by atoms with Gasteiger partial charge in [-0.15, -0.1) is 0 Å². The Bertz CT molecular complexity index is 764. The highest BCUT2D eigenvalue weighted by atomic mass is 16.1. The summed E-state index contributed by atoms with van der Waals surface area (Å²) in [7, 11) is 0. The summed E-state index contributed by atoms with van der Waals surface area (Å²) in [6, 6.07) is 13.6. The van der Waals surface area contributed by atoms with Crippen molar-refractivity contribution in [3.8, 4) is 0 Å². The van der Waals surface area contributed by atoms with Crippen LogP contribution >= 0.6 is 0 Å². The van der Waals surface area contributed by atoms with E-state index >= 15 is 0 Å². The van der Waals surface area contributed by atoms with Crippen LogP contribution in [-0.2, 0) is 0 Å². The predicted octanol–water partition coefficient (Wildman–Crippen LogP) is 5.12. The first-order chi connectivity index (χ1) is 12.9. The molecule has 0 saturated carbocycles. The van der Waals surface area contributed by atoms with Crippen molar-refractivity contribution in [3.63, 3.8) is 0 Å². The number of anilines is 1. The maximum atomic E-state index is 11.1. The normalized spacial score (nSPS) is 16.6. The lowest BCUT2D eigenvalue weighted by Gasteiger charge is -2.40. The van der Waals surface area contributed by atoms with Gasteiger partial charge in [0.25, 0.3) is 0 Å². The number of aryl methyl sites for hydroxylation is 2. The van der Waals surface area contributed by atoms with Crippen molar-refractivity contribution >= 4 is 12.0 Å². The summed E-state index contributed by atoms with van der Waals surface area (Å²) in [6.07, 6.45) is 0.938. The van der Waals surface area contributed by atoms with E-state index in [-0.39, 0.29) is 0 Å². The van der Waals surface area contributed by atoms with Crippen molar-refractivity contribution in [2.45, 2.75) is 46.6 Å². The smallest absolute Gasteiger partial charge is 0.150 e. The Morgan fingerprint density at radius 3 is 1.85 bits per heavy atom. The second-order valence-corrected chi connectivity index (χ2v) is 8.14. The van der Waals surface area contributed by atoms with Gasteiger partial charge < -0.3 is 4.90 Å². The van der Waals surface area contributed by atoms with Gasteiger partial charge in [0.15, 0.2) is 0 Å². The Kier molecular flexibility index (Phi) is 6.01. The fourth-order valence-corrected chi connectivity index (χ4v) is 4.26. The maximum absolute atomic E-state index is 11.1. The molecule has 1 fully saturated rings. The Morgan fingerprint density at radius 2 is 1.37 bits per heavy atom. The van der Waals surface area contributed by atoms with Crippen molar-refractivity contribution in [1.29, 1.82) is 0 Å². The lowest BCUT2D eigenvalue weighted by atomic mass is 9.98. The molecule has 1 saturated heterocycles. The molecule has 27 heavy (non-hydrogen) atoms. The van der Waals surface area contributed by atoms with Gasteiger partial charge in [0.05, 0.1) is 0 Å². The van der Waals surface area contributed by atoms with Crippen molar-refractivity contribution in [3.05, 3.63) is 64.2 Å². The second-order valence-electron chi connectivity index (χ2n) is 8.14. The minimum absolute atomic E-state index is 0.438. The molecule has 1 unspecified atom stereocenters. The van der Waals surface area contributed by atoms with Gasteiger partial charge in [0, 0.05) is 43.5 Å². The van der Waals surface area contributed by atoms with Gasteiger partial charge in [-0.25, -0.2) is 0 Å². The van der Waals surface area contributed by atoms with Gasteiger partial charge in [-0.3, -0.25) is 9.69 Å². The topological polar surface area (TPSA) is 23.6 Å². The number of rotatable bonds is 5. The van der Waals surface area contributed by atoms with Crippen molar-refractivity contribution in [2.24, 2.45) is 0 Å². The Balaban J connectivity index is 1.67. The lowest BCUT2D eigenvalue weighted by molar-refractivity contribution is 0.112. The fraction of sp³-hybridized carbons (Fsp3) is 0.458. The van der Waals surface area contributed by atoms with Gasteiger partial charge >= 0.3 is 0 Å². The molecule has 2 aromatic carbocycles. The zero-order valence-electron chi connectivity index (χ0n) is 17.3. The second kappa shape index (κ2) is 8.26. The molecule has 1 aliphatic rings. The summed E-state index contributed by atoms with van der Waals surface area (Å²) in [6.45, 7) is 15.2. The van der Waals surface area contributed by atoms with Gasteiger partial charge in [-0.1, -0.05) is 38.1 Å². The molecule has 0 radical (unpaired) electrons. The third-order valence-electron chi connectivity index (χ3n) is 5.91. The van der Waals surface area contributed by atoms with E-state index in [1.165, 1.54) is 27.9 Å². The number of benzene rings is 2. The largest absolute Gasteiger partial charge is 0.369 e. The Morgan fingerprint density at radius 1 is 0.852 bits per heavy atom. The minimum Gasteiger partial charge on any atom is -0.369 e. The number of carbonyl (C=O) groups excluding carboxylic acids is 1. The van der Waals surface area contributed by atoms with Gasteiger partial charge in [0.2, 0.25) is 0 Å². The van der Waals surface area contributed by atoms with E-state index in [1.807, 2.05) is 12.1 Å². The molecule has 2 aromatic rings. The van der Waals surface area contributed by atoms with Crippen LogP contribution in [0.5, 0.6) is 0 Å². The lowest BCUT2D eigenvalue weighted by Crippen LogP contribution is -2.47. The van der Waals surface area contributed by atoms with Crippen LogP contribution in [0, 0.1) is 13.8 Å². The molecule has 1 atom stereocenters. The van der Waals surface area contributed by atoms with Gasteiger partial charge in [-0.2, -0.15) is 0 Å². The predicted molar refractivity (Wildman–Crippen MR) is 114 cm³/mol. The van der Waals surface area contributed by atoms with Crippen LogP contribution in [0.15, 0.2) is 36.4 Å². The Labute approximate surface area is 164 Å². The van der Waals surface area contributed by atoms with Gasteiger partial charge in [0.1, 0.15) is 6.29 Å². The molecule has 0 amide bonds. The molecule has 3 heteroatoms. The number of hydrogen-bond acceptors (Lipinski definition) is 3.